The third-order valence-corrected chi connectivity index (χ3v) is 1.99. The smallest absolute Gasteiger partial charge is 0.338 e. The Kier molecular flexibility index (Phi) is 3.80. The highest BCUT2D eigenvalue weighted by Gasteiger charge is 2.18. The summed E-state index contributed by atoms with van der Waals surface area (Å²) in [6.07, 6.45) is 5.34. The number of rotatable bonds is 2. The molecule has 0 N–H and O–H groups in total. The molecule has 17 heavy (non-hydrogen) atoms. The molecule has 1 aromatic rings. The summed E-state index contributed by atoms with van der Waals surface area (Å²) in [6, 6.07) is 4.88. The first kappa shape index (κ1) is 13.1. The molecule has 0 atom stereocenters. The number of carbonyl (C=O) groups is 1. The topological polar surface area (TPSA) is 35.5 Å². The molecule has 0 spiro atoms. The number of benzene rings is 1. The predicted octanol–water partition coefficient (Wildman–Crippen LogP) is 2.63. The van der Waals surface area contributed by atoms with E-state index in [0.717, 1.165) is 0 Å². The van der Waals surface area contributed by atoms with Gasteiger partial charge in [0.15, 0.2) is 0 Å². The molecule has 0 fully saturated rings. The Bertz CT molecular complexity index is 461. The molecule has 0 heterocycles. The van der Waals surface area contributed by atoms with Crippen molar-refractivity contribution in [3.63, 3.8) is 0 Å². The molecule has 0 bridgehead atoms. The van der Waals surface area contributed by atoms with E-state index in [1.165, 1.54) is 7.11 Å². The third kappa shape index (κ3) is 3.53. The van der Waals surface area contributed by atoms with E-state index >= 15 is 0 Å². The number of hydrogen-bond acceptors (Lipinski definition) is 3. The van der Waals surface area contributed by atoms with E-state index in [9.17, 15) is 4.79 Å². The molecular weight excluding hydrogens is 216 g/mol. The lowest BCUT2D eigenvalue weighted by molar-refractivity contribution is 0.00695. The van der Waals surface area contributed by atoms with E-state index < -0.39 is 11.6 Å². The van der Waals surface area contributed by atoms with E-state index in [4.69, 9.17) is 15.9 Å². The summed E-state index contributed by atoms with van der Waals surface area (Å²) in [6.45, 7) is 5.45. The van der Waals surface area contributed by atoms with Gasteiger partial charge in [0, 0.05) is 0 Å². The Morgan fingerprint density at radius 1 is 1.35 bits per heavy atom. The lowest BCUT2D eigenvalue weighted by atomic mass is 10.1. The highest BCUT2D eigenvalue weighted by Crippen LogP contribution is 2.20. The lowest BCUT2D eigenvalue weighted by Gasteiger charge is -2.19. The van der Waals surface area contributed by atoms with Crippen LogP contribution >= 0.6 is 0 Å². The molecule has 0 amide bonds. The SMILES string of the molecule is C#Cc1cc(C(=O)OC(C)(C)C)ccc1OC. The van der Waals surface area contributed by atoms with Crippen LogP contribution in [0.3, 0.4) is 0 Å². The summed E-state index contributed by atoms with van der Waals surface area (Å²) in [5.41, 5.74) is 0.442. The van der Waals surface area contributed by atoms with E-state index in [1.54, 1.807) is 18.2 Å². The van der Waals surface area contributed by atoms with Crippen molar-refractivity contribution in [2.24, 2.45) is 0 Å². The van der Waals surface area contributed by atoms with Crippen LogP contribution in [-0.2, 0) is 4.74 Å². The van der Waals surface area contributed by atoms with Crippen molar-refractivity contribution in [2.45, 2.75) is 26.4 Å². The number of terminal acetylenes is 1. The van der Waals surface area contributed by atoms with Gasteiger partial charge in [0.1, 0.15) is 11.4 Å². The van der Waals surface area contributed by atoms with Crippen LogP contribution in [0.4, 0.5) is 0 Å². The number of carbonyl (C=O) groups excluding carboxylic acids is 1. The fraction of sp³-hybridized carbons (Fsp3) is 0.357. The Morgan fingerprint density at radius 2 is 2.00 bits per heavy atom. The first-order valence-electron chi connectivity index (χ1n) is 5.25. The summed E-state index contributed by atoms with van der Waals surface area (Å²) in [7, 11) is 1.53. The molecule has 0 radical (unpaired) electrons. The van der Waals surface area contributed by atoms with Crippen molar-refractivity contribution in [1.82, 2.24) is 0 Å². The van der Waals surface area contributed by atoms with Crippen LogP contribution in [0.5, 0.6) is 5.75 Å². The van der Waals surface area contributed by atoms with Gasteiger partial charge in [-0.3, -0.25) is 0 Å². The molecule has 0 unspecified atom stereocenters. The minimum Gasteiger partial charge on any atom is -0.495 e. The molecule has 1 aromatic carbocycles. The van der Waals surface area contributed by atoms with Gasteiger partial charge in [0.25, 0.3) is 0 Å². The molecule has 0 aliphatic rings. The zero-order valence-corrected chi connectivity index (χ0v) is 10.5. The van der Waals surface area contributed by atoms with Crippen LogP contribution in [0.15, 0.2) is 18.2 Å². The lowest BCUT2D eigenvalue weighted by Crippen LogP contribution is -2.23. The maximum absolute atomic E-state index is 11.8. The Balaban J connectivity index is 3.01. The second kappa shape index (κ2) is 4.92. The quantitative estimate of drug-likeness (QED) is 0.581. The highest BCUT2D eigenvalue weighted by molar-refractivity contribution is 5.90. The molecule has 0 aromatic heterocycles. The van der Waals surface area contributed by atoms with Gasteiger partial charge in [0.05, 0.1) is 18.2 Å². The van der Waals surface area contributed by atoms with Crippen LogP contribution in [0.1, 0.15) is 36.7 Å². The molecule has 0 aliphatic heterocycles. The molecule has 0 saturated heterocycles. The molecule has 0 saturated carbocycles. The molecule has 3 heteroatoms. The summed E-state index contributed by atoms with van der Waals surface area (Å²) in [5.74, 6) is 2.65. The predicted molar refractivity (Wildman–Crippen MR) is 66.1 cm³/mol. The van der Waals surface area contributed by atoms with Crippen LogP contribution in [0.2, 0.25) is 0 Å². The fourth-order valence-electron chi connectivity index (χ4n) is 1.28. The van der Waals surface area contributed by atoms with Crippen molar-refractivity contribution in [3.8, 4) is 18.1 Å². The summed E-state index contributed by atoms with van der Waals surface area (Å²) >= 11 is 0. The zero-order valence-electron chi connectivity index (χ0n) is 10.5. The molecular formula is C14H16O3. The maximum atomic E-state index is 11.8. The number of ether oxygens (including phenoxy) is 2. The monoisotopic (exact) mass is 232 g/mol. The number of hydrogen-bond donors (Lipinski definition) is 0. The average molecular weight is 232 g/mol. The van der Waals surface area contributed by atoms with Crippen molar-refractivity contribution in [2.75, 3.05) is 7.11 Å². The van der Waals surface area contributed by atoms with Gasteiger partial charge in [-0.05, 0) is 39.0 Å². The van der Waals surface area contributed by atoms with E-state index in [-0.39, 0.29) is 0 Å². The normalized spacial score (nSPS) is 10.5. The second-order valence-electron chi connectivity index (χ2n) is 4.56. The van der Waals surface area contributed by atoms with Crippen molar-refractivity contribution in [1.29, 1.82) is 0 Å². The highest BCUT2D eigenvalue weighted by atomic mass is 16.6. The molecule has 0 aliphatic carbocycles. The maximum Gasteiger partial charge on any atom is 0.338 e. The molecule has 1 rings (SSSR count). The van der Waals surface area contributed by atoms with Gasteiger partial charge in [-0.15, -0.1) is 6.42 Å². The van der Waals surface area contributed by atoms with Gasteiger partial charge in [-0.2, -0.15) is 0 Å². The minimum atomic E-state index is -0.521. The largest absolute Gasteiger partial charge is 0.495 e. The summed E-state index contributed by atoms with van der Waals surface area (Å²) in [5, 5.41) is 0. The van der Waals surface area contributed by atoms with Gasteiger partial charge < -0.3 is 9.47 Å². The van der Waals surface area contributed by atoms with E-state index in [0.29, 0.717) is 16.9 Å². The number of methoxy groups -OCH3 is 1. The van der Waals surface area contributed by atoms with Crippen LogP contribution in [0, 0.1) is 12.3 Å². The average Bonchev–Trinajstić information content (AvgIpc) is 2.25. The number of esters is 1. The fourth-order valence-corrected chi connectivity index (χ4v) is 1.28. The Hall–Kier alpha value is -1.95. The zero-order chi connectivity index (χ0) is 13.1. The minimum absolute atomic E-state index is 0.392. The van der Waals surface area contributed by atoms with Gasteiger partial charge in [-0.25, -0.2) is 4.79 Å². The van der Waals surface area contributed by atoms with Crippen molar-refractivity contribution >= 4 is 5.97 Å². The van der Waals surface area contributed by atoms with Crippen LogP contribution < -0.4 is 4.74 Å². The Morgan fingerprint density at radius 3 is 2.47 bits per heavy atom. The standard InChI is InChI=1S/C14H16O3/c1-6-10-9-11(7-8-12(10)16-5)13(15)17-14(2,3)4/h1,7-9H,2-5H3. The Labute approximate surface area is 102 Å². The molecule has 90 valence electrons. The van der Waals surface area contributed by atoms with Crippen molar-refractivity contribution < 1.29 is 14.3 Å². The van der Waals surface area contributed by atoms with Crippen LogP contribution in [-0.4, -0.2) is 18.7 Å². The van der Waals surface area contributed by atoms with E-state index in [2.05, 4.69) is 5.92 Å². The summed E-state index contributed by atoms with van der Waals surface area (Å²) in [4.78, 5) is 11.8. The second-order valence-corrected chi connectivity index (χ2v) is 4.56. The molecule has 3 nitrogen and oxygen atoms in total. The third-order valence-electron chi connectivity index (χ3n) is 1.99. The van der Waals surface area contributed by atoms with Gasteiger partial charge >= 0.3 is 5.97 Å². The van der Waals surface area contributed by atoms with Gasteiger partial charge in [0.2, 0.25) is 0 Å². The van der Waals surface area contributed by atoms with E-state index in [1.807, 2.05) is 20.8 Å². The van der Waals surface area contributed by atoms with Crippen molar-refractivity contribution in [3.05, 3.63) is 29.3 Å². The van der Waals surface area contributed by atoms with Gasteiger partial charge in [-0.1, -0.05) is 5.92 Å². The first-order valence-corrected chi connectivity index (χ1v) is 5.25. The van der Waals surface area contributed by atoms with Crippen LogP contribution in [0.25, 0.3) is 0 Å². The first-order chi connectivity index (χ1) is 7.87. The summed E-state index contributed by atoms with van der Waals surface area (Å²) < 4.78 is 10.3.